The molecule has 0 saturated carbocycles. The Balaban J connectivity index is 4.46. The molecule has 0 saturated heterocycles. The Kier molecular flexibility index (Phi) is 46.9. The lowest BCUT2D eigenvalue weighted by atomic mass is 10.1. The molecule has 0 N–H and O–H groups in total. The fraction of sp³-hybridized carbons (Fsp3) is 0.727. The number of hydrogen-bond acceptors (Lipinski definition) is 6. The largest absolute Gasteiger partial charge is 0.462 e. The molecule has 0 fully saturated rings. The van der Waals surface area contributed by atoms with Crippen molar-refractivity contribution in [2.75, 3.05) is 13.2 Å². The molecule has 0 aliphatic carbocycles. The van der Waals surface area contributed by atoms with Crippen LogP contribution < -0.4 is 0 Å². The number of carbonyl (C=O) groups is 3. The highest BCUT2D eigenvalue weighted by Gasteiger charge is 2.19. The molecule has 0 aromatic rings. The summed E-state index contributed by atoms with van der Waals surface area (Å²) in [7, 11) is 0. The molecule has 1 unspecified atom stereocenters. The van der Waals surface area contributed by atoms with Gasteiger partial charge in [0.1, 0.15) is 13.2 Å². The third kappa shape index (κ3) is 47.7. The molecular weight excluding hydrogens is 757 g/mol. The molecule has 61 heavy (non-hydrogen) atoms. The number of carbonyl (C=O) groups excluding carboxylic acids is 3. The topological polar surface area (TPSA) is 78.9 Å². The standard InChI is InChI=1S/C55H94O6/c1-4-7-10-13-16-19-22-25-27-29-30-33-36-39-42-45-48-54(57)60-51-52(50-59-53(56)47-44-41-38-35-32-24-21-18-15-12-9-6-3)61-55(58)49-46-43-40-37-34-31-28-26-23-20-17-14-11-8-5-2/h8,11,17-18,20-21,26-29,34,37,52H,4-7,9-10,12-16,19,22-25,30-33,35-36,38-51H2,1-3H3/b11-8-,20-17-,21-18-,28-26-,29-27-,37-34-. The van der Waals surface area contributed by atoms with E-state index in [1.54, 1.807) is 0 Å². The van der Waals surface area contributed by atoms with E-state index in [4.69, 9.17) is 14.2 Å². The summed E-state index contributed by atoms with van der Waals surface area (Å²) in [6.45, 7) is 6.44. The van der Waals surface area contributed by atoms with E-state index in [0.717, 1.165) is 96.3 Å². The van der Waals surface area contributed by atoms with Crippen LogP contribution in [0.2, 0.25) is 0 Å². The second-order valence-electron chi connectivity index (χ2n) is 16.7. The average Bonchev–Trinajstić information content (AvgIpc) is 3.26. The van der Waals surface area contributed by atoms with Gasteiger partial charge in [-0.2, -0.15) is 0 Å². The van der Waals surface area contributed by atoms with Gasteiger partial charge in [-0.15, -0.1) is 0 Å². The second-order valence-corrected chi connectivity index (χ2v) is 16.7. The molecule has 6 nitrogen and oxygen atoms in total. The van der Waals surface area contributed by atoms with Gasteiger partial charge < -0.3 is 14.2 Å². The number of hydrogen-bond donors (Lipinski definition) is 0. The summed E-state index contributed by atoms with van der Waals surface area (Å²) in [4.78, 5) is 37.9. The first kappa shape index (κ1) is 57.9. The van der Waals surface area contributed by atoms with Crippen LogP contribution in [0.1, 0.15) is 239 Å². The lowest BCUT2D eigenvalue weighted by Crippen LogP contribution is -2.30. The highest BCUT2D eigenvalue weighted by molar-refractivity contribution is 5.71. The molecule has 0 rings (SSSR count). The molecular formula is C55H94O6. The lowest BCUT2D eigenvalue weighted by molar-refractivity contribution is -0.167. The Morgan fingerprint density at radius 3 is 1.08 bits per heavy atom. The summed E-state index contributed by atoms with van der Waals surface area (Å²) in [5.41, 5.74) is 0. The van der Waals surface area contributed by atoms with Crippen molar-refractivity contribution in [1.82, 2.24) is 0 Å². The maximum atomic E-state index is 12.8. The van der Waals surface area contributed by atoms with Gasteiger partial charge in [-0.05, 0) is 109 Å². The van der Waals surface area contributed by atoms with Crippen molar-refractivity contribution in [3.8, 4) is 0 Å². The van der Waals surface area contributed by atoms with Gasteiger partial charge in [0.2, 0.25) is 0 Å². The van der Waals surface area contributed by atoms with Gasteiger partial charge in [-0.25, -0.2) is 0 Å². The van der Waals surface area contributed by atoms with E-state index in [9.17, 15) is 14.4 Å². The summed E-state index contributed by atoms with van der Waals surface area (Å²) in [5, 5.41) is 0. The van der Waals surface area contributed by atoms with E-state index < -0.39 is 6.10 Å². The van der Waals surface area contributed by atoms with Gasteiger partial charge in [0.25, 0.3) is 0 Å². The maximum absolute atomic E-state index is 12.8. The van der Waals surface area contributed by atoms with Gasteiger partial charge in [-0.3, -0.25) is 14.4 Å². The zero-order valence-corrected chi connectivity index (χ0v) is 39.9. The molecule has 1 atom stereocenters. The van der Waals surface area contributed by atoms with Crippen LogP contribution in [0.25, 0.3) is 0 Å². The number of rotatable bonds is 45. The fourth-order valence-electron chi connectivity index (χ4n) is 6.83. The average molecular weight is 851 g/mol. The van der Waals surface area contributed by atoms with E-state index in [2.05, 4.69) is 93.7 Å². The summed E-state index contributed by atoms with van der Waals surface area (Å²) in [6.07, 6.45) is 61.7. The SMILES string of the molecule is CC/C=C\C/C=C\C/C=C\C/C=C\CCCCC(=O)OC(COC(=O)CCCCCCC/C=C\CCCCC)COC(=O)CCCCCCC/C=C\CCCCCCCCC. The van der Waals surface area contributed by atoms with Gasteiger partial charge in [0, 0.05) is 19.3 Å². The quantitative estimate of drug-likeness (QED) is 0.0263. The van der Waals surface area contributed by atoms with E-state index in [1.807, 2.05) is 0 Å². The van der Waals surface area contributed by atoms with Crippen LogP contribution in [0, 0.1) is 0 Å². The smallest absolute Gasteiger partial charge is 0.306 e. The highest BCUT2D eigenvalue weighted by Crippen LogP contribution is 2.13. The zero-order valence-electron chi connectivity index (χ0n) is 39.9. The van der Waals surface area contributed by atoms with E-state index >= 15 is 0 Å². The minimum absolute atomic E-state index is 0.0992. The summed E-state index contributed by atoms with van der Waals surface area (Å²) in [5.74, 6) is -0.958. The molecule has 6 heteroatoms. The lowest BCUT2D eigenvalue weighted by Gasteiger charge is -2.18. The Morgan fingerprint density at radius 1 is 0.344 bits per heavy atom. The Bertz CT molecular complexity index is 1160. The third-order valence-corrected chi connectivity index (χ3v) is 10.7. The Morgan fingerprint density at radius 2 is 0.639 bits per heavy atom. The van der Waals surface area contributed by atoms with Crippen molar-refractivity contribution in [3.05, 3.63) is 72.9 Å². The molecule has 0 aromatic heterocycles. The van der Waals surface area contributed by atoms with E-state index in [1.165, 1.54) is 96.3 Å². The van der Waals surface area contributed by atoms with Crippen LogP contribution in [-0.2, 0) is 28.6 Å². The van der Waals surface area contributed by atoms with E-state index in [-0.39, 0.29) is 37.5 Å². The van der Waals surface area contributed by atoms with Crippen molar-refractivity contribution in [2.45, 2.75) is 245 Å². The third-order valence-electron chi connectivity index (χ3n) is 10.7. The van der Waals surface area contributed by atoms with Gasteiger partial charge in [-0.1, -0.05) is 184 Å². The summed E-state index contributed by atoms with van der Waals surface area (Å²) < 4.78 is 16.7. The predicted octanol–water partition coefficient (Wildman–Crippen LogP) is 16.6. The molecule has 0 spiro atoms. The summed E-state index contributed by atoms with van der Waals surface area (Å²) >= 11 is 0. The first-order valence-electron chi connectivity index (χ1n) is 25.4. The van der Waals surface area contributed by atoms with Crippen LogP contribution in [0.4, 0.5) is 0 Å². The number of esters is 3. The minimum Gasteiger partial charge on any atom is -0.462 e. The monoisotopic (exact) mass is 851 g/mol. The highest BCUT2D eigenvalue weighted by atomic mass is 16.6. The molecule has 0 amide bonds. The van der Waals surface area contributed by atoms with Crippen molar-refractivity contribution >= 4 is 17.9 Å². The predicted molar refractivity (Wildman–Crippen MR) is 261 cm³/mol. The van der Waals surface area contributed by atoms with Crippen LogP contribution in [0.3, 0.4) is 0 Å². The molecule has 0 radical (unpaired) electrons. The number of ether oxygens (including phenoxy) is 3. The molecule has 0 aliphatic rings. The minimum atomic E-state index is -0.802. The number of allylic oxidation sites excluding steroid dienone is 12. The molecule has 0 bridgehead atoms. The van der Waals surface area contributed by atoms with Crippen molar-refractivity contribution < 1.29 is 28.6 Å². The van der Waals surface area contributed by atoms with Gasteiger partial charge >= 0.3 is 17.9 Å². The fourth-order valence-corrected chi connectivity index (χ4v) is 6.83. The maximum Gasteiger partial charge on any atom is 0.306 e. The van der Waals surface area contributed by atoms with Gasteiger partial charge in [0.15, 0.2) is 6.10 Å². The van der Waals surface area contributed by atoms with Crippen LogP contribution in [0.15, 0.2) is 72.9 Å². The van der Waals surface area contributed by atoms with Crippen molar-refractivity contribution in [3.63, 3.8) is 0 Å². The molecule has 350 valence electrons. The zero-order chi connectivity index (χ0) is 44.4. The van der Waals surface area contributed by atoms with Crippen LogP contribution in [-0.4, -0.2) is 37.2 Å². The van der Waals surface area contributed by atoms with Crippen molar-refractivity contribution in [2.24, 2.45) is 0 Å². The molecule has 0 heterocycles. The number of unbranched alkanes of at least 4 members (excludes halogenated alkanes) is 22. The molecule has 0 aliphatic heterocycles. The molecule has 0 aromatic carbocycles. The second kappa shape index (κ2) is 49.5. The first-order chi connectivity index (χ1) is 30.0. The first-order valence-corrected chi connectivity index (χ1v) is 25.4. The normalized spacial score (nSPS) is 12.6. The van der Waals surface area contributed by atoms with Crippen LogP contribution >= 0.6 is 0 Å². The summed E-state index contributed by atoms with van der Waals surface area (Å²) in [6, 6.07) is 0. The van der Waals surface area contributed by atoms with E-state index in [0.29, 0.717) is 19.3 Å². The van der Waals surface area contributed by atoms with Crippen molar-refractivity contribution in [1.29, 1.82) is 0 Å². The van der Waals surface area contributed by atoms with Crippen LogP contribution in [0.5, 0.6) is 0 Å². The Hall–Kier alpha value is -3.15. The van der Waals surface area contributed by atoms with Gasteiger partial charge in [0.05, 0.1) is 0 Å². The Labute approximate surface area is 376 Å².